The number of hydrogen-bond donors (Lipinski definition) is 0. The Morgan fingerprint density at radius 1 is 0.821 bits per heavy atom. The molecular weight excluding hydrogens is 374 g/mol. The number of carbonyl (C=O) groups is 1. The van der Waals surface area contributed by atoms with Crippen LogP contribution in [0.3, 0.4) is 0 Å². The maximum Gasteiger partial charge on any atom is 0.424 e. The topological polar surface area (TPSA) is 63.7 Å². The second kappa shape index (κ2) is 8.71. The van der Waals surface area contributed by atoms with Gasteiger partial charge in [-0.25, -0.2) is 13.2 Å². The molecule has 0 radical (unpaired) electrons. The molecule has 5 nitrogen and oxygen atoms in total. The Labute approximate surface area is 165 Å². The van der Waals surface area contributed by atoms with E-state index >= 15 is 0 Å². The van der Waals surface area contributed by atoms with Crippen molar-refractivity contribution < 1.29 is 17.9 Å². The van der Waals surface area contributed by atoms with Gasteiger partial charge in [-0.05, 0) is 30.2 Å². The molecule has 0 N–H and O–H groups in total. The lowest BCUT2D eigenvalue weighted by molar-refractivity contribution is 0.117. The van der Waals surface area contributed by atoms with Crippen molar-refractivity contribution in [1.82, 2.24) is 4.31 Å². The van der Waals surface area contributed by atoms with Gasteiger partial charge in [0.25, 0.3) is 10.0 Å². The number of amides is 1. The molecule has 3 aromatic carbocycles. The van der Waals surface area contributed by atoms with Gasteiger partial charge in [0.2, 0.25) is 0 Å². The fourth-order valence-corrected chi connectivity index (χ4v) is 3.93. The number of nitrogens with zero attached hydrogens (tertiary/aromatic N) is 1. The lowest BCUT2D eigenvalue weighted by Gasteiger charge is -2.22. The van der Waals surface area contributed by atoms with Crippen LogP contribution in [-0.2, 0) is 27.9 Å². The summed E-state index contributed by atoms with van der Waals surface area (Å²) in [5.41, 5.74) is 2.40. The first-order valence-corrected chi connectivity index (χ1v) is 10.2. The smallest absolute Gasteiger partial charge is 0.424 e. The van der Waals surface area contributed by atoms with Crippen LogP contribution in [0.2, 0.25) is 0 Å². The second-order valence-corrected chi connectivity index (χ2v) is 8.21. The van der Waals surface area contributed by atoms with Crippen LogP contribution >= 0.6 is 0 Å². The molecule has 144 valence electrons. The van der Waals surface area contributed by atoms with Crippen LogP contribution in [-0.4, -0.2) is 18.8 Å². The van der Waals surface area contributed by atoms with E-state index < -0.39 is 16.1 Å². The summed E-state index contributed by atoms with van der Waals surface area (Å²) in [4.78, 5) is 12.8. The van der Waals surface area contributed by atoms with Gasteiger partial charge in [-0.1, -0.05) is 78.4 Å². The van der Waals surface area contributed by atoms with Crippen molar-refractivity contribution in [3.8, 4) is 0 Å². The molecule has 0 unspecified atom stereocenters. The van der Waals surface area contributed by atoms with Crippen LogP contribution in [0.25, 0.3) is 0 Å². The highest BCUT2D eigenvalue weighted by Gasteiger charge is 2.30. The highest BCUT2D eigenvalue weighted by molar-refractivity contribution is 7.89. The van der Waals surface area contributed by atoms with Crippen molar-refractivity contribution in [3.05, 3.63) is 102 Å². The molecule has 0 aromatic heterocycles. The van der Waals surface area contributed by atoms with Gasteiger partial charge < -0.3 is 4.74 Å². The fraction of sp³-hybridized carbons (Fsp3) is 0.136. The van der Waals surface area contributed by atoms with Gasteiger partial charge in [-0.2, -0.15) is 4.31 Å². The van der Waals surface area contributed by atoms with E-state index in [1.54, 1.807) is 36.4 Å². The van der Waals surface area contributed by atoms with E-state index in [1.165, 1.54) is 12.1 Å². The molecule has 3 rings (SSSR count). The third-order valence-corrected chi connectivity index (χ3v) is 5.91. The van der Waals surface area contributed by atoms with E-state index in [4.69, 9.17) is 4.74 Å². The normalized spacial score (nSPS) is 11.0. The van der Waals surface area contributed by atoms with E-state index in [1.807, 2.05) is 43.3 Å². The number of rotatable bonds is 6. The van der Waals surface area contributed by atoms with Gasteiger partial charge in [-0.3, -0.25) is 0 Å². The Hall–Kier alpha value is -3.12. The minimum absolute atomic E-state index is 0.00557. The van der Waals surface area contributed by atoms with Crippen molar-refractivity contribution in [1.29, 1.82) is 0 Å². The number of ether oxygens (including phenoxy) is 1. The van der Waals surface area contributed by atoms with E-state index in [-0.39, 0.29) is 18.0 Å². The minimum atomic E-state index is -4.06. The molecule has 6 heteroatoms. The Morgan fingerprint density at radius 3 is 1.93 bits per heavy atom. The third-order valence-electron chi connectivity index (χ3n) is 4.19. The first kappa shape index (κ1) is 19.6. The zero-order chi connectivity index (χ0) is 20.0. The molecular formula is C22H21NO4S. The first-order valence-electron chi connectivity index (χ1n) is 8.81. The molecule has 28 heavy (non-hydrogen) atoms. The average Bonchev–Trinajstić information content (AvgIpc) is 2.72. The van der Waals surface area contributed by atoms with Crippen LogP contribution < -0.4 is 0 Å². The summed E-state index contributed by atoms with van der Waals surface area (Å²) in [6, 6.07) is 24.5. The molecule has 0 aliphatic heterocycles. The minimum Gasteiger partial charge on any atom is -0.444 e. The Kier molecular flexibility index (Phi) is 6.11. The first-order chi connectivity index (χ1) is 13.5. The van der Waals surface area contributed by atoms with Crippen LogP contribution in [0.5, 0.6) is 0 Å². The molecule has 0 fully saturated rings. The molecule has 1 amide bonds. The number of aryl methyl sites for hydroxylation is 1. The molecule has 0 aliphatic carbocycles. The standard InChI is InChI=1S/C22H21NO4S/c1-18-12-14-21(15-13-18)28(25,26)23(16-19-8-4-2-5-9-19)22(24)27-17-20-10-6-3-7-11-20/h2-15H,16-17H2,1H3. The molecule has 0 bridgehead atoms. The lowest BCUT2D eigenvalue weighted by atomic mass is 10.2. The number of benzene rings is 3. The summed E-state index contributed by atoms with van der Waals surface area (Å²) in [7, 11) is -4.06. The van der Waals surface area contributed by atoms with Crippen molar-refractivity contribution in [2.45, 2.75) is 25.0 Å². The zero-order valence-electron chi connectivity index (χ0n) is 15.5. The van der Waals surface area contributed by atoms with Crippen molar-refractivity contribution in [3.63, 3.8) is 0 Å². The summed E-state index contributed by atoms with van der Waals surface area (Å²) in [6.45, 7) is 1.76. The number of carbonyl (C=O) groups excluding carboxylic acids is 1. The quantitative estimate of drug-likeness (QED) is 0.615. The molecule has 0 heterocycles. The highest BCUT2D eigenvalue weighted by atomic mass is 32.2. The third kappa shape index (κ3) is 4.78. The molecule has 0 saturated heterocycles. The van der Waals surface area contributed by atoms with Crippen molar-refractivity contribution in [2.24, 2.45) is 0 Å². The van der Waals surface area contributed by atoms with Gasteiger partial charge in [0, 0.05) is 0 Å². The monoisotopic (exact) mass is 395 g/mol. The average molecular weight is 395 g/mol. The summed E-state index contributed by atoms with van der Waals surface area (Å²) in [5, 5.41) is 0. The Balaban J connectivity index is 1.87. The number of hydrogen-bond acceptors (Lipinski definition) is 4. The van der Waals surface area contributed by atoms with Gasteiger partial charge in [0.1, 0.15) is 6.61 Å². The predicted octanol–water partition coefficient (Wildman–Crippen LogP) is 4.52. The second-order valence-electron chi connectivity index (χ2n) is 6.35. The summed E-state index contributed by atoms with van der Waals surface area (Å²) < 4.78 is 32.3. The molecule has 0 atom stereocenters. The van der Waals surface area contributed by atoms with Crippen LogP contribution in [0.1, 0.15) is 16.7 Å². The Bertz CT molecular complexity index is 1020. The van der Waals surface area contributed by atoms with Gasteiger partial charge in [-0.15, -0.1) is 0 Å². The molecule has 0 aliphatic rings. The Morgan fingerprint density at radius 2 is 1.36 bits per heavy atom. The molecule has 0 spiro atoms. The van der Waals surface area contributed by atoms with Crippen molar-refractivity contribution >= 4 is 16.1 Å². The highest BCUT2D eigenvalue weighted by Crippen LogP contribution is 2.20. The lowest BCUT2D eigenvalue weighted by Crippen LogP contribution is -2.36. The summed E-state index contributed by atoms with van der Waals surface area (Å²) >= 11 is 0. The van der Waals surface area contributed by atoms with Gasteiger partial charge >= 0.3 is 6.09 Å². The fourth-order valence-electron chi connectivity index (χ4n) is 2.63. The van der Waals surface area contributed by atoms with Crippen LogP contribution in [0, 0.1) is 6.92 Å². The van der Waals surface area contributed by atoms with E-state index in [2.05, 4.69) is 0 Å². The maximum absolute atomic E-state index is 13.1. The SMILES string of the molecule is Cc1ccc(S(=O)(=O)N(Cc2ccccc2)C(=O)OCc2ccccc2)cc1. The van der Waals surface area contributed by atoms with Gasteiger partial charge in [0.05, 0.1) is 11.4 Å². The van der Waals surface area contributed by atoms with E-state index in [9.17, 15) is 13.2 Å². The van der Waals surface area contributed by atoms with E-state index in [0.717, 1.165) is 15.4 Å². The zero-order valence-corrected chi connectivity index (χ0v) is 16.3. The molecule has 3 aromatic rings. The summed E-state index contributed by atoms with van der Waals surface area (Å²) in [6.07, 6.45) is -0.909. The number of sulfonamides is 1. The maximum atomic E-state index is 13.1. The van der Waals surface area contributed by atoms with Crippen molar-refractivity contribution in [2.75, 3.05) is 0 Å². The predicted molar refractivity (Wildman–Crippen MR) is 107 cm³/mol. The summed E-state index contributed by atoms with van der Waals surface area (Å²) in [5.74, 6) is 0. The van der Waals surface area contributed by atoms with Gasteiger partial charge in [0.15, 0.2) is 0 Å². The van der Waals surface area contributed by atoms with Crippen LogP contribution in [0.15, 0.2) is 89.8 Å². The van der Waals surface area contributed by atoms with Crippen LogP contribution in [0.4, 0.5) is 4.79 Å². The van der Waals surface area contributed by atoms with E-state index in [0.29, 0.717) is 5.56 Å². The molecule has 0 saturated carbocycles. The largest absolute Gasteiger partial charge is 0.444 e.